The third kappa shape index (κ3) is 10.5. The number of hydrogen-bond donors (Lipinski definition) is 0. The van der Waals surface area contributed by atoms with Crippen LogP contribution >= 0.6 is 19.4 Å². The number of rotatable bonds is 12. The van der Waals surface area contributed by atoms with Crippen molar-refractivity contribution in [3.05, 3.63) is 107 Å². The Hall–Kier alpha value is -2.19. The summed E-state index contributed by atoms with van der Waals surface area (Å²) in [6, 6.07) is 19.9. The monoisotopic (exact) mass is 739 g/mol. The maximum absolute atomic E-state index is 14.3. The number of anilines is 1. The van der Waals surface area contributed by atoms with E-state index in [-0.39, 0.29) is 122 Å². The van der Waals surface area contributed by atoms with Gasteiger partial charge in [0.2, 0.25) is 17.7 Å². The zero-order valence-corrected chi connectivity index (χ0v) is 34.4. The summed E-state index contributed by atoms with van der Waals surface area (Å²) >= 11 is 6.42. The van der Waals surface area contributed by atoms with Crippen LogP contribution in [0, 0.1) is 0 Å². The second-order valence-electron chi connectivity index (χ2n) is 11.9. The molecule has 2 saturated heterocycles. The number of nitrogens with zero attached hydrogens (tertiary/aromatic N) is 5. The van der Waals surface area contributed by atoms with Gasteiger partial charge in [-0.25, -0.2) is 10.0 Å². The minimum absolute atomic E-state index is 0. The van der Waals surface area contributed by atoms with E-state index in [2.05, 4.69) is 11.1 Å². The largest absolute Gasteiger partial charge is 1.00 e. The van der Waals surface area contributed by atoms with Crippen molar-refractivity contribution in [2.45, 2.75) is 38.0 Å². The smallest absolute Gasteiger partial charge is 0.780 e. The summed E-state index contributed by atoms with van der Waals surface area (Å²) in [5, 5.41) is 3.84. The quantitative estimate of drug-likeness (QED) is 0.106. The number of fused-ring (bicyclic) bond motifs is 1. The Morgan fingerprint density at radius 1 is 1.02 bits per heavy atom. The molecule has 2 aliphatic heterocycles. The van der Waals surface area contributed by atoms with E-state index in [1.165, 1.54) is 29.2 Å². The van der Waals surface area contributed by atoms with E-state index in [0.717, 1.165) is 16.8 Å². The predicted molar refractivity (Wildman–Crippen MR) is 177 cm³/mol. The van der Waals surface area contributed by atoms with Crippen molar-refractivity contribution >= 4 is 42.8 Å². The molecule has 2 atom stereocenters. The van der Waals surface area contributed by atoms with Crippen LogP contribution in [0.2, 0.25) is 5.02 Å². The summed E-state index contributed by atoms with van der Waals surface area (Å²) in [7, 11) is -1.52. The number of carbonyl (C=O) groups is 3. The van der Waals surface area contributed by atoms with E-state index in [4.69, 9.17) is 11.6 Å². The molecule has 254 valence electrons. The molecule has 50 heavy (non-hydrogen) atoms. The van der Waals surface area contributed by atoms with Crippen molar-refractivity contribution in [2.75, 3.05) is 38.6 Å². The van der Waals surface area contributed by atoms with Gasteiger partial charge in [0.25, 0.3) is 0 Å². The first kappa shape index (κ1) is 42.2. The topological polar surface area (TPSA) is 140 Å². The zero-order chi connectivity index (χ0) is 34.6. The number of aryl methyl sites for hydroxylation is 1. The molecule has 0 aliphatic carbocycles. The van der Waals surface area contributed by atoms with Gasteiger partial charge in [-0.05, 0) is 47.4 Å². The van der Waals surface area contributed by atoms with Crippen molar-refractivity contribution in [1.82, 2.24) is 19.8 Å². The standard InChI is InChI=1S/C34H39ClN5O7P.2Na/c1-4-18-38-23-33(42)39-30(19-25-10-14-27(15-11-25)47-48(44,45)46)34(43)37(21-26-12-16-28(35)29(20-26)36(2)3)22-31(39)40(38)32(41)17-13-24-8-6-5-7-9-24;;/h4-12,14-16,20,30-31H,1,13,17-19,21-23H2,2-3H3,(H2,44,45,46);;/q;2*+1/p-2/t30-,31+;;/m1../s1. The molecule has 3 amide bonds. The van der Waals surface area contributed by atoms with E-state index in [1.54, 1.807) is 27.1 Å². The first-order valence-corrected chi connectivity index (χ1v) is 17.3. The van der Waals surface area contributed by atoms with Crippen LogP contribution in [0.3, 0.4) is 0 Å². The minimum atomic E-state index is -5.26. The summed E-state index contributed by atoms with van der Waals surface area (Å²) in [5.74, 6) is -0.977. The zero-order valence-electron chi connectivity index (χ0n) is 28.7. The molecule has 0 aromatic heterocycles. The molecule has 0 unspecified atom stereocenters. The predicted octanol–water partition coefficient (Wildman–Crippen LogP) is -3.39. The molecule has 5 rings (SSSR count). The van der Waals surface area contributed by atoms with Gasteiger partial charge in [-0.3, -0.25) is 14.4 Å². The molecule has 2 fully saturated rings. The summed E-state index contributed by atoms with van der Waals surface area (Å²) in [5.41, 5.74) is 3.19. The first-order chi connectivity index (χ1) is 22.8. The van der Waals surface area contributed by atoms with Crippen LogP contribution in [-0.2, 0) is 38.3 Å². The summed E-state index contributed by atoms with van der Waals surface area (Å²) in [6.07, 6.45) is 1.58. The Balaban J connectivity index is 0.00000338. The third-order valence-electron chi connectivity index (χ3n) is 8.33. The normalized spacial score (nSPS) is 17.7. The Morgan fingerprint density at radius 3 is 2.30 bits per heavy atom. The van der Waals surface area contributed by atoms with Crippen LogP contribution in [0.1, 0.15) is 23.1 Å². The molecule has 0 radical (unpaired) electrons. The average molecular weight is 740 g/mol. The SMILES string of the molecule is C=CCN1CC(=O)N2[C@H](Cc3ccc(OP(=O)([O-])[O-])cc3)C(=O)N(Cc3ccc(Cl)c(N(C)C)c3)C[C@@H]2N1C(=O)CCc1ccccc1.[Na+].[Na+]. The number of piperazine rings is 1. The molecule has 12 nitrogen and oxygen atoms in total. The Kier molecular flexibility index (Phi) is 15.6. The molecule has 0 spiro atoms. The van der Waals surface area contributed by atoms with E-state index >= 15 is 0 Å². The van der Waals surface area contributed by atoms with E-state index in [1.807, 2.05) is 61.5 Å². The van der Waals surface area contributed by atoms with Crippen LogP contribution in [0.4, 0.5) is 5.69 Å². The fourth-order valence-electron chi connectivity index (χ4n) is 6.17. The summed E-state index contributed by atoms with van der Waals surface area (Å²) < 4.78 is 15.5. The van der Waals surface area contributed by atoms with Gasteiger partial charge in [0, 0.05) is 40.0 Å². The van der Waals surface area contributed by atoms with Gasteiger partial charge in [0.15, 0.2) is 0 Å². The molecule has 0 saturated carbocycles. The maximum atomic E-state index is 14.3. The molecule has 0 N–H and O–H groups in total. The fraction of sp³-hybridized carbons (Fsp3) is 0.324. The number of amides is 3. The van der Waals surface area contributed by atoms with Crippen LogP contribution in [0.25, 0.3) is 0 Å². The van der Waals surface area contributed by atoms with E-state index in [9.17, 15) is 28.7 Å². The van der Waals surface area contributed by atoms with Crippen molar-refractivity contribution in [2.24, 2.45) is 0 Å². The molecule has 3 aromatic rings. The van der Waals surface area contributed by atoms with Crippen molar-refractivity contribution < 1.29 is 92.4 Å². The van der Waals surface area contributed by atoms with E-state index in [0.29, 0.717) is 17.0 Å². The van der Waals surface area contributed by atoms with Gasteiger partial charge in [-0.2, -0.15) is 0 Å². The molecule has 0 bridgehead atoms. The maximum Gasteiger partial charge on any atom is 1.00 e. The van der Waals surface area contributed by atoms with Crippen LogP contribution < -0.4 is 78.3 Å². The van der Waals surface area contributed by atoms with Crippen LogP contribution in [0.5, 0.6) is 5.75 Å². The van der Waals surface area contributed by atoms with Crippen molar-refractivity contribution in [3.8, 4) is 5.75 Å². The number of carbonyl (C=O) groups excluding carboxylic acids is 3. The number of phosphoric ester groups is 1. The summed E-state index contributed by atoms with van der Waals surface area (Å²) in [6.45, 7) is 4.23. The van der Waals surface area contributed by atoms with Gasteiger partial charge in [0.05, 0.1) is 23.8 Å². The number of halogens is 1. The van der Waals surface area contributed by atoms with Crippen LogP contribution in [0.15, 0.2) is 85.5 Å². The first-order valence-electron chi connectivity index (χ1n) is 15.4. The van der Waals surface area contributed by atoms with E-state index < -0.39 is 20.0 Å². The van der Waals surface area contributed by atoms with Crippen molar-refractivity contribution in [1.29, 1.82) is 0 Å². The molecular weight excluding hydrogens is 703 g/mol. The number of phosphoric acid groups is 1. The Bertz CT molecular complexity index is 1710. The van der Waals surface area contributed by atoms with Gasteiger partial charge in [0.1, 0.15) is 25.8 Å². The number of hydrogen-bond acceptors (Lipinski definition) is 9. The number of benzene rings is 3. The minimum Gasteiger partial charge on any atom is -0.780 e. The van der Waals surface area contributed by atoms with Gasteiger partial charge < -0.3 is 33.6 Å². The second kappa shape index (κ2) is 18.5. The second-order valence-corrected chi connectivity index (χ2v) is 13.4. The molecule has 3 aromatic carbocycles. The van der Waals surface area contributed by atoms with Gasteiger partial charge in [-0.15, -0.1) is 6.58 Å². The van der Waals surface area contributed by atoms with Gasteiger partial charge in [-0.1, -0.05) is 66.2 Å². The molecular formula is C34H37ClN5Na2O7P. The average Bonchev–Trinajstić information content (AvgIpc) is 3.03. The molecule has 16 heteroatoms. The Morgan fingerprint density at radius 2 is 1.68 bits per heavy atom. The van der Waals surface area contributed by atoms with Crippen molar-refractivity contribution in [3.63, 3.8) is 0 Å². The third-order valence-corrected chi connectivity index (χ3v) is 9.09. The molecule has 2 heterocycles. The summed E-state index contributed by atoms with van der Waals surface area (Å²) in [4.78, 5) is 69.4. The van der Waals surface area contributed by atoms with Crippen LogP contribution in [-0.4, -0.2) is 83.5 Å². The molecule has 2 aliphatic rings. The Labute approximate surface area is 341 Å². The fourth-order valence-corrected chi connectivity index (χ4v) is 6.84. The number of hydrazine groups is 1. The van der Waals surface area contributed by atoms with Gasteiger partial charge >= 0.3 is 59.1 Å².